The van der Waals surface area contributed by atoms with Crippen LogP contribution in [0.2, 0.25) is 0 Å². The van der Waals surface area contributed by atoms with Gasteiger partial charge in [-0.3, -0.25) is 0 Å². The van der Waals surface area contributed by atoms with Crippen LogP contribution in [0.25, 0.3) is 54.3 Å². The van der Waals surface area contributed by atoms with E-state index in [-0.39, 0.29) is 28.5 Å². The van der Waals surface area contributed by atoms with Crippen LogP contribution in [0.5, 0.6) is 0 Å². The number of fused-ring (bicyclic) bond motifs is 13. The van der Waals surface area contributed by atoms with E-state index in [1.165, 1.54) is 98.8 Å². The molecule has 0 atom stereocenters. The zero-order valence-electron chi connectivity index (χ0n) is 39.0. The number of furan rings is 1. The molecule has 9 aromatic rings. The van der Waals surface area contributed by atoms with Crippen molar-refractivity contribution >= 4 is 88.9 Å². The molecule has 12 rings (SSSR count). The summed E-state index contributed by atoms with van der Waals surface area (Å²) < 4.78 is 9.81. The first-order valence-corrected chi connectivity index (χ1v) is 23.9. The Morgan fingerprint density at radius 3 is 1.84 bits per heavy atom. The summed E-state index contributed by atoms with van der Waals surface area (Å²) in [5.41, 5.74) is 20.9. The van der Waals surface area contributed by atoms with E-state index in [2.05, 4.69) is 219 Å². The second-order valence-electron chi connectivity index (χ2n) is 22.2. The Kier molecular flexibility index (Phi) is 8.06. The van der Waals surface area contributed by atoms with Crippen LogP contribution in [-0.2, 0) is 21.7 Å². The Balaban J connectivity index is 1.26. The molecule has 0 amide bonds. The molecule has 1 aliphatic carbocycles. The fourth-order valence-electron chi connectivity index (χ4n) is 11.1. The van der Waals surface area contributed by atoms with Crippen LogP contribution < -0.4 is 20.0 Å². The summed E-state index contributed by atoms with van der Waals surface area (Å²) >= 11 is 1.96. The van der Waals surface area contributed by atoms with Crippen molar-refractivity contribution in [2.24, 2.45) is 0 Å². The zero-order chi connectivity index (χ0) is 44.4. The third kappa shape index (κ3) is 5.52. The van der Waals surface area contributed by atoms with Gasteiger partial charge in [-0.2, -0.15) is 0 Å². The highest BCUT2D eigenvalue weighted by Crippen LogP contribution is 2.57. The molecule has 0 saturated carbocycles. The van der Waals surface area contributed by atoms with E-state index in [9.17, 15) is 0 Å². The standard InChI is InChI=1S/C59H55BN2OS/c1-56(2,3)34-20-25-37(26-21-34)61-48-32-42-40-17-13-15-19-49(40)63-54(42)51-43-31-41-39-16-12-14-18-45(39)59(10,11)46(41)33-47(43)62(38-27-22-35(23-28-38)57(4,5)6)60(52(48)51)55-53(61)44-30-36(58(7,8)9)24-29-50(44)64-55/h12-33H,1-11H3. The number of para-hydroxylation sites is 1. The third-order valence-electron chi connectivity index (χ3n) is 14.7. The highest BCUT2D eigenvalue weighted by Gasteiger charge is 2.49. The molecule has 5 heteroatoms. The third-order valence-corrected chi connectivity index (χ3v) is 15.9. The minimum absolute atomic E-state index is 0.0147. The van der Waals surface area contributed by atoms with Gasteiger partial charge in [0.15, 0.2) is 0 Å². The minimum Gasteiger partial charge on any atom is -0.455 e. The van der Waals surface area contributed by atoms with Crippen molar-refractivity contribution in [2.75, 3.05) is 9.71 Å². The van der Waals surface area contributed by atoms with Gasteiger partial charge in [-0.05, 0) is 121 Å². The van der Waals surface area contributed by atoms with Crippen molar-refractivity contribution in [3.63, 3.8) is 0 Å². The lowest BCUT2D eigenvalue weighted by atomic mass is 9.46. The van der Waals surface area contributed by atoms with Crippen molar-refractivity contribution in [1.29, 1.82) is 0 Å². The molecule has 0 N–H and O–H groups in total. The van der Waals surface area contributed by atoms with E-state index in [1.54, 1.807) is 0 Å². The maximum absolute atomic E-state index is 7.16. The van der Waals surface area contributed by atoms with Crippen LogP contribution in [0.4, 0.5) is 28.4 Å². The van der Waals surface area contributed by atoms with E-state index in [0.717, 1.165) is 21.9 Å². The number of nitrogens with zero attached hydrogens (tertiary/aromatic N) is 2. The fourth-order valence-corrected chi connectivity index (χ4v) is 12.4. The minimum atomic E-state index is -0.172. The molecule has 0 spiro atoms. The normalized spacial score (nSPS) is 15.1. The maximum Gasteiger partial charge on any atom is 0.343 e. The van der Waals surface area contributed by atoms with Gasteiger partial charge < -0.3 is 14.1 Å². The van der Waals surface area contributed by atoms with Crippen molar-refractivity contribution in [3.05, 3.63) is 161 Å². The summed E-state index contributed by atoms with van der Waals surface area (Å²) in [4.78, 5) is 5.31. The summed E-state index contributed by atoms with van der Waals surface area (Å²) in [5.74, 6) is 0. The Morgan fingerprint density at radius 2 is 1.16 bits per heavy atom. The molecule has 0 fully saturated rings. The molecule has 7 aromatic carbocycles. The number of hydrogen-bond acceptors (Lipinski definition) is 4. The number of anilines is 5. The topological polar surface area (TPSA) is 19.6 Å². The van der Waals surface area contributed by atoms with Crippen molar-refractivity contribution in [3.8, 4) is 22.3 Å². The highest BCUT2D eigenvalue weighted by atomic mass is 32.1. The molecule has 0 radical (unpaired) electrons. The van der Waals surface area contributed by atoms with Gasteiger partial charge in [0, 0.05) is 64.9 Å². The lowest BCUT2D eigenvalue weighted by Crippen LogP contribution is -2.60. The van der Waals surface area contributed by atoms with Crippen LogP contribution in [0, 0.1) is 0 Å². The summed E-state index contributed by atoms with van der Waals surface area (Å²) in [6, 6.07) is 51.3. The average molecular weight is 851 g/mol. The molecular formula is C59H55BN2OS. The number of hydrogen-bond donors (Lipinski definition) is 0. The zero-order valence-corrected chi connectivity index (χ0v) is 39.8. The average Bonchev–Trinajstić information content (AvgIpc) is 3.90. The molecule has 3 nitrogen and oxygen atoms in total. The van der Waals surface area contributed by atoms with Gasteiger partial charge in [-0.15, -0.1) is 11.3 Å². The molecule has 3 aliphatic rings. The molecule has 0 bridgehead atoms. The molecule has 4 heterocycles. The molecule has 64 heavy (non-hydrogen) atoms. The summed E-state index contributed by atoms with van der Waals surface area (Å²) in [5, 5.41) is 3.59. The maximum atomic E-state index is 7.16. The van der Waals surface area contributed by atoms with Gasteiger partial charge in [-0.25, -0.2) is 0 Å². The first kappa shape index (κ1) is 39.5. The van der Waals surface area contributed by atoms with Crippen LogP contribution in [0.15, 0.2) is 138 Å². The second-order valence-corrected chi connectivity index (χ2v) is 23.3. The summed E-state index contributed by atoms with van der Waals surface area (Å²) in [6.07, 6.45) is 0. The molecule has 0 saturated heterocycles. The van der Waals surface area contributed by atoms with Gasteiger partial charge in [0.1, 0.15) is 11.2 Å². The number of rotatable bonds is 2. The van der Waals surface area contributed by atoms with E-state index in [0.29, 0.717) is 0 Å². The van der Waals surface area contributed by atoms with Crippen LogP contribution in [0.3, 0.4) is 0 Å². The Labute approximate surface area is 382 Å². The van der Waals surface area contributed by atoms with Crippen molar-refractivity contribution in [2.45, 2.75) is 97.8 Å². The van der Waals surface area contributed by atoms with Crippen molar-refractivity contribution in [1.82, 2.24) is 0 Å². The van der Waals surface area contributed by atoms with Crippen molar-refractivity contribution < 1.29 is 4.42 Å². The first-order chi connectivity index (χ1) is 30.4. The molecule has 316 valence electrons. The molecule has 0 unspecified atom stereocenters. The van der Waals surface area contributed by atoms with Crippen LogP contribution in [0.1, 0.15) is 104 Å². The predicted octanol–water partition coefficient (Wildman–Crippen LogP) is 15.7. The SMILES string of the molecule is CC(C)(C)c1ccc(N2B3c4sc5ccc(C(C)(C)C)cc5c4N(c4ccc(C(C)(C)C)cc4)c4cc5c(oc6ccccc65)c(c43)-c3cc4c(cc32)C(C)(C)c2ccccc2-4)cc1. The van der Waals surface area contributed by atoms with E-state index >= 15 is 0 Å². The summed E-state index contributed by atoms with van der Waals surface area (Å²) in [6.45, 7) is 25.5. The first-order valence-electron chi connectivity index (χ1n) is 23.0. The smallest absolute Gasteiger partial charge is 0.343 e. The monoisotopic (exact) mass is 850 g/mol. The Morgan fingerprint density at radius 1 is 0.531 bits per heavy atom. The lowest BCUT2D eigenvalue weighted by Gasteiger charge is -2.45. The van der Waals surface area contributed by atoms with E-state index in [1.807, 2.05) is 11.3 Å². The lowest BCUT2D eigenvalue weighted by molar-refractivity contribution is 0.590. The fraction of sp³-hybridized carbons (Fsp3) is 0.254. The van der Waals surface area contributed by atoms with Crippen LogP contribution in [-0.4, -0.2) is 6.85 Å². The van der Waals surface area contributed by atoms with Gasteiger partial charge in [-0.1, -0.05) is 149 Å². The largest absolute Gasteiger partial charge is 0.455 e. The predicted molar refractivity (Wildman–Crippen MR) is 276 cm³/mol. The highest BCUT2D eigenvalue weighted by molar-refractivity contribution is 7.32. The van der Waals surface area contributed by atoms with E-state index in [4.69, 9.17) is 4.42 Å². The van der Waals surface area contributed by atoms with Gasteiger partial charge >= 0.3 is 6.85 Å². The quantitative estimate of drug-likeness (QED) is 0.162. The number of thiophene rings is 1. The van der Waals surface area contributed by atoms with Gasteiger partial charge in [0.25, 0.3) is 0 Å². The van der Waals surface area contributed by atoms with Crippen LogP contribution >= 0.6 is 11.3 Å². The van der Waals surface area contributed by atoms with Gasteiger partial charge in [0.2, 0.25) is 0 Å². The Bertz CT molecular complexity index is 3420. The van der Waals surface area contributed by atoms with Gasteiger partial charge in [0.05, 0.1) is 5.69 Å². The molecular weight excluding hydrogens is 796 g/mol. The molecule has 2 aliphatic heterocycles. The second kappa shape index (κ2) is 13.0. The van der Waals surface area contributed by atoms with E-state index < -0.39 is 0 Å². The molecule has 2 aromatic heterocycles. The summed E-state index contributed by atoms with van der Waals surface area (Å²) in [7, 11) is 0. The number of benzene rings is 7. The Hall–Kier alpha value is -6.04.